The number of sulfone groups is 1. The van der Waals surface area contributed by atoms with E-state index in [-0.39, 0.29) is 15.6 Å². The van der Waals surface area contributed by atoms with Crippen molar-refractivity contribution in [2.75, 3.05) is 11.9 Å². The van der Waals surface area contributed by atoms with Crippen LogP contribution in [-0.4, -0.2) is 34.8 Å². The van der Waals surface area contributed by atoms with E-state index in [0.717, 1.165) is 28.0 Å². The molecule has 3 aromatic carbocycles. The van der Waals surface area contributed by atoms with Crippen LogP contribution in [0.5, 0.6) is 5.75 Å². The van der Waals surface area contributed by atoms with Crippen molar-refractivity contribution in [2.45, 2.75) is 30.7 Å². The van der Waals surface area contributed by atoms with Crippen LogP contribution >= 0.6 is 0 Å². The summed E-state index contributed by atoms with van der Waals surface area (Å²) in [5.74, 6) is 1.27. The van der Waals surface area contributed by atoms with Gasteiger partial charge in [-0.05, 0) is 80.4 Å². The molecule has 1 N–H and O–H groups in total. The van der Waals surface area contributed by atoms with Crippen LogP contribution in [0, 0.1) is 13.8 Å². The molecule has 5 rings (SSSR count). The first-order chi connectivity index (χ1) is 16.4. The minimum absolute atomic E-state index is 0.158. The number of ether oxygens (including phenoxy) is 1. The van der Waals surface area contributed by atoms with E-state index in [4.69, 9.17) is 4.74 Å². The fraction of sp³-hybridized carbons (Fsp3) is 0.160. The lowest BCUT2D eigenvalue weighted by atomic mass is 10.1. The number of nitrogens with one attached hydrogen (secondary N) is 1. The maximum atomic E-state index is 13.5. The molecule has 0 aliphatic heterocycles. The van der Waals surface area contributed by atoms with Crippen LogP contribution < -0.4 is 10.1 Å². The highest BCUT2D eigenvalue weighted by atomic mass is 32.2. The monoisotopic (exact) mass is 473 g/mol. The van der Waals surface area contributed by atoms with Crippen LogP contribution in [0.3, 0.4) is 0 Å². The Balaban J connectivity index is 1.66. The van der Waals surface area contributed by atoms with Gasteiger partial charge in [-0.1, -0.05) is 23.4 Å². The molecular weight excluding hydrogens is 450 g/mol. The van der Waals surface area contributed by atoms with Gasteiger partial charge in [-0.3, -0.25) is 0 Å². The Kier molecular flexibility index (Phi) is 5.41. The van der Waals surface area contributed by atoms with Crippen LogP contribution in [0.4, 0.5) is 11.5 Å². The highest BCUT2D eigenvalue weighted by molar-refractivity contribution is 7.91. The van der Waals surface area contributed by atoms with E-state index in [9.17, 15) is 8.42 Å². The topological polar surface area (TPSA) is 98.5 Å². The molecule has 0 aliphatic carbocycles. The van der Waals surface area contributed by atoms with E-state index < -0.39 is 9.84 Å². The van der Waals surface area contributed by atoms with Gasteiger partial charge in [0.05, 0.1) is 17.0 Å². The SMILES string of the molecule is CCOc1ccc(Nc2nc3c(S(=O)(=O)c4ccc(C)c(C)c4)nnn3c3ccccc23)cc1. The Morgan fingerprint density at radius 2 is 1.74 bits per heavy atom. The molecule has 0 aliphatic rings. The van der Waals surface area contributed by atoms with Gasteiger partial charge in [0.1, 0.15) is 11.6 Å². The van der Waals surface area contributed by atoms with E-state index >= 15 is 0 Å². The van der Waals surface area contributed by atoms with Crippen LogP contribution in [0.1, 0.15) is 18.1 Å². The minimum atomic E-state index is -3.93. The Hall–Kier alpha value is -3.98. The standard InChI is InChI=1S/C25H23N5O3S/c1-4-33-19-12-10-18(11-13-19)26-23-21-7-5-6-8-22(21)30-24(27-23)25(28-29-30)34(31,32)20-14-9-16(2)17(3)15-20/h5-15H,4H2,1-3H3,(H,26,27). The molecule has 0 atom stereocenters. The third-order valence-electron chi connectivity index (χ3n) is 5.69. The predicted octanol–water partition coefficient (Wildman–Crippen LogP) is 4.87. The van der Waals surface area contributed by atoms with E-state index in [0.29, 0.717) is 17.9 Å². The maximum absolute atomic E-state index is 13.5. The van der Waals surface area contributed by atoms with Gasteiger partial charge in [-0.2, -0.15) is 4.52 Å². The molecular formula is C25H23N5O3S. The zero-order chi connectivity index (χ0) is 23.9. The molecule has 8 nitrogen and oxygen atoms in total. The number of nitrogens with zero attached hydrogens (tertiary/aromatic N) is 4. The third-order valence-corrected chi connectivity index (χ3v) is 7.34. The molecule has 0 bridgehead atoms. The largest absolute Gasteiger partial charge is 0.494 e. The first kappa shape index (κ1) is 21.8. The summed E-state index contributed by atoms with van der Waals surface area (Å²) in [5, 5.41) is 12.1. The lowest BCUT2D eigenvalue weighted by molar-refractivity contribution is 0.340. The molecule has 5 aromatic rings. The van der Waals surface area contributed by atoms with Gasteiger partial charge in [-0.15, -0.1) is 5.10 Å². The Morgan fingerprint density at radius 1 is 0.971 bits per heavy atom. The molecule has 0 radical (unpaired) electrons. The fourth-order valence-corrected chi connectivity index (χ4v) is 5.06. The Morgan fingerprint density at radius 3 is 2.47 bits per heavy atom. The van der Waals surface area contributed by atoms with Crippen LogP contribution in [0.2, 0.25) is 0 Å². The molecule has 0 amide bonds. The quantitative estimate of drug-likeness (QED) is 0.376. The summed E-state index contributed by atoms with van der Waals surface area (Å²) in [4.78, 5) is 4.83. The molecule has 0 saturated heterocycles. The van der Waals surface area contributed by atoms with Crippen molar-refractivity contribution in [1.29, 1.82) is 0 Å². The summed E-state index contributed by atoms with van der Waals surface area (Å²) in [7, 11) is -3.93. The number of rotatable bonds is 6. The van der Waals surface area contributed by atoms with Gasteiger partial charge in [0, 0.05) is 11.1 Å². The summed E-state index contributed by atoms with van der Waals surface area (Å²) in [6, 6.07) is 20.0. The van der Waals surface area contributed by atoms with Gasteiger partial charge in [-0.25, -0.2) is 13.4 Å². The van der Waals surface area contributed by atoms with Crippen molar-refractivity contribution in [1.82, 2.24) is 19.8 Å². The first-order valence-corrected chi connectivity index (χ1v) is 12.3. The zero-order valence-electron chi connectivity index (χ0n) is 19.0. The second-order valence-corrected chi connectivity index (χ2v) is 9.80. The van der Waals surface area contributed by atoms with E-state index in [1.807, 2.05) is 69.3 Å². The molecule has 34 heavy (non-hydrogen) atoms. The second kappa shape index (κ2) is 8.42. The van der Waals surface area contributed by atoms with Crippen LogP contribution in [0.15, 0.2) is 76.7 Å². The molecule has 9 heteroatoms. The fourth-order valence-electron chi connectivity index (χ4n) is 3.74. The number of fused-ring (bicyclic) bond motifs is 3. The third kappa shape index (κ3) is 3.73. The number of aromatic nitrogens is 4. The van der Waals surface area contributed by atoms with Crippen molar-refractivity contribution >= 4 is 37.9 Å². The number of benzene rings is 3. The number of hydrogen-bond acceptors (Lipinski definition) is 7. The van der Waals surface area contributed by atoms with Gasteiger partial charge >= 0.3 is 0 Å². The highest BCUT2D eigenvalue weighted by Crippen LogP contribution is 2.30. The average Bonchev–Trinajstić information content (AvgIpc) is 3.27. The van der Waals surface area contributed by atoms with Crippen molar-refractivity contribution in [3.8, 4) is 5.75 Å². The number of aryl methyl sites for hydroxylation is 2. The molecule has 2 heterocycles. The zero-order valence-corrected chi connectivity index (χ0v) is 19.8. The van der Waals surface area contributed by atoms with Gasteiger partial charge in [0.2, 0.25) is 14.9 Å². The minimum Gasteiger partial charge on any atom is -0.494 e. The molecule has 2 aromatic heterocycles. The van der Waals surface area contributed by atoms with Crippen LogP contribution in [0.25, 0.3) is 16.6 Å². The van der Waals surface area contributed by atoms with Crippen molar-refractivity contribution in [3.05, 3.63) is 77.9 Å². The lowest BCUT2D eigenvalue weighted by Crippen LogP contribution is -2.06. The lowest BCUT2D eigenvalue weighted by Gasteiger charge is -2.11. The summed E-state index contributed by atoms with van der Waals surface area (Å²) in [5.41, 5.74) is 3.53. The summed E-state index contributed by atoms with van der Waals surface area (Å²) >= 11 is 0. The van der Waals surface area contributed by atoms with Gasteiger partial charge in [0.25, 0.3) is 0 Å². The maximum Gasteiger partial charge on any atom is 0.229 e. The molecule has 0 saturated carbocycles. The molecule has 0 unspecified atom stereocenters. The Labute approximate surface area is 197 Å². The number of anilines is 2. The van der Waals surface area contributed by atoms with Gasteiger partial charge in [0.15, 0.2) is 5.65 Å². The van der Waals surface area contributed by atoms with Crippen LogP contribution in [-0.2, 0) is 9.84 Å². The van der Waals surface area contributed by atoms with E-state index in [2.05, 4.69) is 20.6 Å². The molecule has 0 spiro atoms. The molecule has 172 valence electrons. The number of para-hydroxylation sites is 1. The van der Waals surface area contributed by atoms with Crippen molar-refractivity contribution < 1.29 is 13.2 Å². The summed E-state index contributed by atoms with van der Waals surface area (Å²) < 4.78 is 33.9. The van der Waals surface area contributed by atoms with Crippen molar-refractivity contribution in [2.24, 2.45) is 0 Å². The van der Waals surface area contributed by atoms with Crippen molar-refractivity contribution in [3.63, 3.8) is 0 Å². The smallest absolute Gasteiger partial charge is 0.229 e. The first-order valence-electron chi connectivity index (χ1n) is 10.8. The normalized spacial score (nSPS) is 11.7. The Bertz CT molecular complexity index is 1630. The number of hydrogen-bond donors (Lipinski definition) is 1. The average molecular weight is 474 g/mol. The van der Waals surface area contributed by atoms with E-state index in [1.54, 1.807) is 18.2 Å². The second-order valence-electron chi connectivity index (χ2n) is 7.94. The predicted molar refractivity (Wildman–Crippen MR) is 131 cm³/mol. The summed E-state index contributed by atoms with van der Waals surface area (Å²) in [6.45, 7) is 6.33. The molecule has 0 fully saturated rings. The summed E-state index contributed by atoms with van der Waals surface area (Å²) in [6.07, 6.45) is 0. The van der Waals surface area contributed by atoms with E-state index in [1.165, 1.54) is 4.52 Å². The highest BCUT2D eigenvalue weighted by Gasteiger charge is 2.27. The van der Waals surface area contributed by atoms with Gasteiger partial charge < -0.3 is 10.1 Å².